The monoisotopic (exact) mass is 411 g/mol. The van der Waals surface area contributed by atoms with Crippen LogP contribution in [0.25, 0.3) is 0 Å². The number of anilines is 1. The van der Waals surface area contributed by atoms with Crippen LogP contribution in [-0.4, -0.2) is 30.4 Å². The van der Waals surface area contributed by atoms with Gasteiger partial charge in [-0.05, 0) is 56.0 Å². The molecule has 0 aromatic heterocycles. The molecular weight excluding hydrogens is 387 g/mol. The number of carbonyl (C=O) groups excluding carboxylic acids is 1. The number of amides is 2. The van der Waals surface area contributed by atoms with Crippen LogP contribution in [-0.2, 0) is 4.74 Å². The minimum atomic E-state index is -4.75. The van der Waals surface area contributed by atoms with Gasteiger partial charge in [0.25, 0.3) is 0 Å². The van der Waals surface area contributed by atoms with E-state index in [2.05, 4.69) is 26.9 Å². The van der Waals surface area contributed by atoms with Crippen molar-refractivity contribution in [2.45, 2.75) is 51.1 Å². The average Bonchev–Trinajstić information content (AvgIpc) is 2.64. The lowest BCUT2D eigenvalue weighted by molar-refractivity contribution is -0.274. The van der Waals surface area contributed by atoms with Gasteiger partial charge >= 0.3 is 12.4 Å². The molecule has 0 spiro atoms. The molecular formula is C20H24F3N3O3. The number of hydrogen-bond donors (Lipinski definition) is 2. The zero-order valence-corrected chi connectivity index (χ0v) is 16.0. The number of hydrogen-bond acceptors (Lipinski definition) is 4. The van der Waals surface area contributed by atoms with Gasteiger partial charge in [-0.3, -0.25) is 0 Å². The van der Waals surface area contributed by atoms with Gasteiger partial charge in [-0.15, -0.1) is 13.2 Å². The summed E-state index contributed by atoms with van der Waals surface area (Å²) >= 11 is 0. The fourth-order valence-corrected chi connectivity index (χ4v) is 2.90. The Labute approximate surface area is 167 Å². The molecule has 1 aromatic carbocycles. The fourth-order valence-electron chi connectivity index (χ4n) is 2.90. The number of carbonyl (C=O) groups is 1. The minimum absolute atomic E-state index is 0.000549. The topological polar surface area (TPSA) is 72.0 Å². The highest BCUT2D eigenvalue weighted by Gasteiger charge is 2.31. The van der Waals surface area contributed by atoms with E-state index in [0.29, 0.717) is 11.6 Å². The second-order valence-electron chi connectivity index (χ2n) is 6.49. The SMILES string of the molecule is C=C/C=C\N=C(C)OC1CCC(NC(=O)Nc2ccc(OC(F)(F)F)cc2)CC1. The number of halogens is 3. The number of nitrogens with one attached hydrogen (secondary N) is 2. The van der Waals surface area contributed by atoms with E-state index in [1.165, 1.54) is 12.1 Å². The summed E-state index contributed by atoms with van der Waals surface area (Å²) in [6, 6.07) is 4.55. The second-order valence-corrected chi connectivity index (χ2v) is 6.49. The Bertz CT molecular complexity index is 738. The Hall–Kier alpha value is -2.97. The van der Waals surface area contributed by atoms with Crippen molar-refractivity contribution in [1.82, 2.24) is 5.32 Å². The van der Waals surface area contributed by atoms with Crippen LogP contribution in [0.5, 0.6) is 5.75 Å². The quantitative estimate of drug-likeness (QED) is 0.386. The molecule has 0 bridgehead atoms. The van der Waals surface area contributed by atoms with Crippen LogP contribution < -0.4 is 15.4 Å². The maximum absolute atomic E-state index is 12.2. The van der Waals surface area contributed by atoms with Gasteiger partial charge in [-0.1, -0.05) is 12.7 Å². The Morgan fingerprint density at radius 3 is 2.45 bits per heavy atom. The highest BCUT2D eigenvalue weighted by molar-refractivity contribution is 5.89. The molecule has 2 rings (SSSR count). The number of rotatable bonds is 6. The predicted molar refractivity (Wildman–Crippen MR) is 105 cm³/mol. The molecule has 158 valence electrons. The molecule has 1 aliphatic carbocycles. The van der Waals surface area contributed by atoms with Gasteiger partial charge in [0.15, 0.2) is 5.90 Å². The molecule has 9 heteroatoms. The van der Waals surface area contributed by atoms with Crippen LogP contribution in [0.1, 0.15) is 32.6 Å². The number of alkyl halides is 3. The molecule has 0 atom stereocenters. The number of allylic oxidation sites excluding steroid dienone is 2. The fraction of sp³-hybridized carbons (Fsp3) is 0.400. The third kappa shape index (κ3) is 8.71. The summed E-state index contributed by atoms with van der Waals surface area (Å²) in [5.41, 5.74) is 0.369. The van der Waals surface area contributed by atoms with Crippen molar-refractivity contribution in [3.63, 3.8) is 0 Å². The lowest BCUT2D eigenvalue weighted by Crippen LogP contribution is -2.41. The molecule has 0 heterocycles. The summed E-state index contributed by atoms with van der Waals surface area (Å²) in [7, 11) is 0. The van der Waals surface area contributed by atoms with Crippen LogP contribution in [0.4, 0.5) is 23.7 Å². The first-order valence-corrected chi connectivity index (χ1v) is 9.17. The van der Waals surface area contributed by atoms with Crippen LogP contribution in [0.15, 0.2) is 54.2 Å². The summed E-state index contributed by atoms with van der Waals surface area (Å²) in [6.45, 7) is 5.35. The Kier molecular flexibility index (Phi) is 8.11. The van der Waals surface area contributed by atoms with Crippen molar-refractivity contribution in [1.29, 1.82) is 0 Å². The Morgan fingerprint density at radius 1 is 1.21 bits per heavy atom. The van der Waals surface area contributed by atoms with Crippen LogP contribution in [0, 0.1) is 0 Å². The predicted octanol–water partition coefficient (Wildman–Crippen LogP) is 5.15. The first-order chi connectivity index (χ1) is 13.7. The molecule has 0 unspecified atom stereocenters. The third-order valence-electron chi connectivity index (χ3n) is 4.17. The van der Waals surface area contributed by atoms with Gasteiger partial charge in [0.05, 0.1) is 0 Å². The van der Waals surface area contributed by atoms with Gasteiger partial charge in [-0.25, -0.2) is 9.79 Å². The number of ether oxygens (including phenoxy) is 2. The summed E-state index contributed by atoms with van der Waals surface area (Å²) in [4.78, 5) is 16.2. The number of urea groups is 1. The van der Waals surface area contributed by atoms with E-state index in [1.54, 1.807) is 25.3 Å². The first-order valence-electron chi connectivity index (χ1n) is 9.17. The van der Waals surface area contributed by atoms with Crippen molar-refractivity contribution in [3.05, 3.63) is 49.2 Å². The highest BCUT2D eigenvalue weighted by atomic mass is 19.4. The standard InChI is InChI=1S/C20H24F3N3O3/c1-3-4-13-24-14(2)28-17-9-5-15(6-10-17)25-19(27)26-16-7-11-18(12-8-16)29-20(21,22)23/h3-4,7-8,11-13,15,17H,1,5-6,9-10H2,2H3,(H2,25,26,27)/b13-4-,24-14?. The van der Waals surface area contributed by atoms with Gasteiger partial charge in [0, 0.05) is 24.9 Å². The van der Waals surface area contributed by atoms with Crippen molar-refractivity contribution >= 4 is 17.6 Å². The van der Waals surface area contributed by atoms with Gasteiger partial charge < -0.3 is 20.1 Å². The van der Waals surface area contributed by atoms with Crippen LogP contribution in [0.3, 0.4) is 0 Å². The molecule has 6 nitrogen and oxygen atoms in total. The molecule has 1 saturated carbocycles. The summed E-state index contributed by atoms with van der Waals surface area (Å²) in [5.74, 6) is 0.232. The molecule has 1 aliphatic rings. The van der Waals surface area contributed by atoms with Gasteiger partial charge in [0.2, 0.25) is 0 Å². The van der Waals surface area contributed by atoms with E-state index in [9.17, 15) is 18.0 Å². The Morgan fingerprint density at radius 2 is 1.86 bits per heavy atom. The third-order valence-corrected chi connectivity index (χ3v) is 4.17. The molecule has 1 aromatic rings. The van der Waals surface area contributed by atoms with Crippen LogP contribution in [0.2, 0.25) is 0 Å². The van der Waals surface area contributed by atoms with Gasteiger partial charge in [0.1, 0.15) is 11.9 Å². The molecule has 0 saturated heterocycles. The number of benzene rings is 1. The minimum Gasteiger partial charge on any atom is -0.478 e. The molecule has 2 amide bonds. The van der Waals surface area contributed by atoms with Crippen molar-refractivity contribution in [2.24, 2.45) is 4.99 Å². The van der Waals surface area contributed by atoms with Crippen LogP contribution >= 0.6 is 0 Å². The van der Waals surface area contributed by atoms with Crippen molar-refractivity contribution in [2.75, 3.05) is 5.32 Å². The average molecular weight is 411 g/mol. The molecule has 2 N–H and O–H groups in total. The largest absolute Gasteiger partial charge is 0.573 e. The highest BCUT2D eigenvalue weighted by Crippen LogP contribution is 2.24. The van der Waals surface area contributed by atoms with Gasteiger partial charge in [-0.2, -0.15) is 0 Å². The van der Waals surface area contributed by atoms with E-state index in [4.69, 9.17) is 4.74 Å². The summed E-state index contributed by atoms with van der Waals surface area (Å²) in [5, 5.41) is 5.47. The van der Waals surface area contributed by atoms with Crippen molar-refractivity contribution < 1.29 is 27.4 Å². The normalized spacial score (nSPS) is 20.2. The molecule has 29 heavy (non-hydrogen) atoms. The number of aliphatic imine (C=N–C) groups is 1. The molecule has 0 radical (unpaired) electrons. The molecule has 1 fully saturated rings. The van der Waals surface area contributed by atoms with E-state index in [-0.39, 0.29) is 17.9 Å². The lowest BCUT2D eigenvalue weighted by Gasteiger charge is -2.29. The van der Waals surface area contributed by atoms with Crippen molar-refractivity contribution in [3.8, 4) is 5.75 Å². The summed E-state index contributed by atoms with van der Waals surface area (Å²) < 4.78 is 46.0. The smallest absolute Gasteiger partial charge is 0.478 e. The lowest BCUT2D eigenvalue weighted by atomic mass is 9.93. The maximum atomic E-state index is 12.2. The zero-order valence-electron chi connectivity index (χ0n) is 16.0. The van der Waals surface area contributed by atoms with E-state index in [0.717, 1.165) is 37.8 Å². The Balaban J connectivity index is 1.73. The molecule has 0 aliphatic heterocycles. The summed E-state index contributed by atoms with van der Waals surface area (Å²) in [6.07, 6.45) is 3.34. The van der Waals surface area contributed by atoms with E-state index >= 15 is 0 Å². The second kappa shape index (κ2) is 10.5. The number of nitrogens with zero attached hydrogens (tertiary/aromatic N) is 1. The maximum Gasteiger partial charge on any atom is 0.573 e. The van der Waals surface area contributed by atoms with E-state index < -0.39 is 12.4 Å². The van der Waals surface area contributed by atoms with E-state index in [1.807, 2.05) is 0 Å². The zero-order chi connectivity index (χ0) is 21.3. The first kappa shape index (κ1) is 22.3.